The molecule has 0 saturated heterocycles. The lowest BCUT2D eigenvalue weighted by atomic mass is 10.1. The highest BCUT2D eigenvalue weighted by Gasteiger charge is 2.22. The maximum absolute atomic E-state index is 11.4. The molecule has 0 fully saturated rings. The molecule has 0 aliphatic heterocycles. The number of carbonyl (C=O) groups excluding carboxylic acids is 1. The highest BCUT2D eigenvalue weighted by molar-refractivity contribution is 6.01. The maximum atomic E-state index is 11.4. The van der Waals surface area contributed by atoms with Gasteiger partial charge in [0.05, 0.1) is 0 Å². The highest BCUT2D eigenvalue weighted by atomic mass is 16.5. The van der Waals surface area contributed by atoms with Gasteiger partial charge in [-0.15, -0.1) is 0 Å². The molecule has 0 saturated carbocycles. The van der Waals surface area contributed by atoms with Crippen molar-refractivity contribution in [3.63, 3.8) is 0 Å². The van der Waals surface area contributed by atoms with Crippen molar-refractivity contribution in [2.45, 2.75) is 12.8 Å². The number of ether oxygens (including phenoxy) is 1. The number of aliphatic carboxylic acids is 1. The zero-order valence-electron chi connectivity index (χ0n) is 8.03. The predicted octanol–water partition coefficient (Wildman–Crippen LogP) is 1.28. The molecule has 1 aliphatic carbocycles. The van der Waals surface area contributed by atoms with E-state index in [9.17, 15) is 9.59 Å². The van der Waals surface area contributed by atoms with Crippen molar-refractivity contribution >= 4 is 11.8 Å². The van der Waals surface area contributed by atoms with Gasteiger partial charge in [0, 0.05) is 17.5 Å². The summed E-state index contributed by atoms with van der Waals surface area (Å²) < 4.78 is 5.11. The van der Waals surface area contributed by atoms with Crippen LogP contribution in [0.1, 0.15) is 22.3 Å². The SMILES string of the molecule is O=C(O)COc1cccc2c1CCC2=O. The van der Waals surface area contributed by atoms with Gasteiger partial charge in [-0.2, -0.15) is 0 Å². The summed E-state index contributed by atoms with van der Waals surface area (Å²) in [5.74, 6) is -0.400. The first-order chi connectivity index (χ1) is 7.18. The van der Waals surface area contributed by atoms with E-state index in [1.807, 2.05) is 0 Å². The second-order valence-corrected chi connectivity index (χ2v) is 3.39. The number of carboxylic acids is 1. The van der Waals surface area contributed by atoms with Gasteiger partial charge in [0.25, 0.3) is 0 Å². The minimum Gasteiger partial charge on any atom is -0.482 e. The lowest BCUT2D eigenvalue weighted by molar-refractivity contribution is -0.139. The number of hydrogen-bond donors (Lipinski definition) is 1. The Morgan fingerprint density at radius 3 is 2.93 bits per heavy atom. The van der Waals surface area contributed by atoms with Crippen molar-refractivity contribution in [3.05, 3.63) is 29.3 Å². The third-order valence-electron chi connectivity index (χ3n) is 2.39. The van der Waals surface area contributed by atoms with E-state index in [0.29, 0.717) is 24.2 Å². The van der Waals surface area contributed by atoms with E-state index in [-0.39, 0.29) is 12.4 Å². The fourth-order valence-corrected chi connectivity index (χ4v) is 1.73. The maximum Gasteiger partial charge on any atom is 0.341 e. The number of rotatable bonds is 3. The molecule has 0 bridgehead atoms. The summed E-state index contributed by atoms with van der Waals surface area (Å²) in [6.07, 6.45) is 1.13. The summed E-state index contributed by atoms with van der Waals surface area (Å²) >= 11 is 0. The number of carboxylic acid groups (broad SMARTS) is 1. The average molecular weight is 206 g/mol. The quantitative estimate of drug-likeness (QED) is 0.809. The van der Waals surface area contributed by atoms with E-state index in [2.05, 4.69) is 0 Å². The van der Waals surface area contributed by atoms with Gasteiger partial charge < -0.3 is 9.84 Å². The fourth-order valence-electron chi connectivity index (χ4n) is 1.73. The zero-order chi connectivity index (χ0) is 10.8. The van der Waals surface area contributed by atoms with Crippen molar-refractivity contribution < 1.29 is 19.4 Å². The normalized spacial score (nSPS) is 13.7. The van der Waals surface area contributed by atoms with Crippen molar-refractivity contribution in [2.75, 3.05) is 6.61 Å². The van der Waals surface area contributed by atoms with Crippen LogP contribution in [0.3, 0.4) is 0 Å². The number of carbonyl (C=O) groups is 2. The van der Waals surface area contributed by atoms with Crippen LogP contribution < -0.4 is 4.74 Å². The van der Waals surface area contributed by atoms with E-state index >= 15 is 0 Å². The monoisotopic (exact) mass is 206 g/mol. The van der Waals surface area contributed by atoms with Gasteiger partial charge in [-0.3, -0.25) is 4.79 Å². The fraction of sp³-hybridized carbons (Fsp3) is 0.273. The molecule has 4 nitrogen and oxygen atoms in total. The molecule has 1 aliphatic rings. The second kappa shape index (κ2) is 3.73. The molecular formula is C11H10O4. The van der Waals surface area contributed by atoms with Crippen LogP contribution in [0.15, 0.2) is 18.2 Å². The lowest BCUT2D eigenvalue weighted by Gasteiger charge is -2.07. The molecule has 0 spiro atoms. The van der Waals surface area contributed by atoms with Gasteiger partial charge in [0.1, 0.15) is 5.75 Å². The summed E-state index contributed by atoms with van der Waals surface area (Å²) in [5, 5.41) is 8.48. The predicted molar refractivity (Wildman–Crippen MR) is 52.2 cm³/mol. The summed E-state index contributed by atoms with van der Waals surface area (Å²) in [5.41, 5.74) is 1.50. The zero-order valence-corrected chi connectivity index (χ0v) is 8.03. The Morgan fingerprint density at radius 2 is 2.20 bits per heavy atom. The standard InChI is InChI=1S/C11H10O4/c12-9-5-4-8-7(9)2-1-3-10(8)15-6-11(13)14/h1-3H,4-6H2,(H,13,14). The highest BCUT2D eigenvalue weighted by Crippen LogP contribution is 2.30. The Balaban J connectivity index is 2.26. The number of Topliss-reactive ketones (excluding diaryl/α,β-unsaturated/α-hetero) is 1. The number of benzene rings is 1. The largest absolute Gasteiger partial charge is 0.482 e. The molecule has 2 rings (SSSR count). The average Bonchev–Trinajstić information content (AvgIpc) is 2.58. The Morgan fingerprint density at radius 1 is 1.40 bits per heavy atom. The summed E-state index contributed by atoms with van der Waals surface area (Å²) in [4.78, 5) is 21.7. The minimum atomic E-state index is -1.02. The van der Waals surface area contributed by atoms with Crippen LogP contribution in [-0.4, -0.2) is 23.5 Å². The molecule has 0 radical (unpaired) electrons. The van der Waals surface area contributed by atoms with Crippen molar-refractivity contribution in [3.8, 4) is 5.75 Å². The van der Waals surface area contributed by atoms with Gasteiger partial charge in [0.2, 0.25) is 0 Å². The Bertz CT molecular complexity index is 423. The molecule has 1 aromatic carbocycles. The van der Waals surface area contributed by atoms with Gasteiger partial charge >= 0.3 is 5.97 Å². The molecule has 78 valence electrons. The number of ketones is 1. The molecule has 0 atom stereocenters. The Hall–Kier alpha value is -1.84. The van der Waals surface area contributed by atoms with Gasteiger partial charge in [-0.1, -0.05) is 12.1 Å². The molecule has 0 heterocycles. The van der Waals surface area contributed by atoms with Crippen LogP contribution >= 0.6 is 0 Å². The van der Waals surface area contributed by atoms with Crippen LogP contribution in [0.4, 0.5) is 0 Å². The Labute approximate surface area is 86.5 Å². The second-order valence-electron chi connectivity index (χ2n) is 3.39. The summed E-state index contributed by atoms with van der Waals surface area (Å²) in [6.45, 7) is -0.370. The van der Waals surface area contributed by atoms with E-state index in [4.69, 9.17) is 9.84 Å². The van der Waals surface area contributed by atoms with Crippen LogP contribution in [0.2, 0.25) is 0 Å². The van der Waals surface area contributed by atoms with Gasteiger partial charge in [-0.25, -0.2) is 4.79 Å². The first-order valence-electron chi connectivity index (χ1n) is 4.68. The van der Waals surface area contributed by atoms with Crippen molar-refractivity contribution in [2.24, 2.45) is 0 Å². The topological polar surface area (TPSA) is 63.6 Å². The van der Waals surface area contributed by atoms with E-state index in [1.54, 1.807) is 18.2 Å². The van der Waals surface area contributed by atoms with E-state index < -0.39 is 5.97 Å². The van der Waals surface area contributed by atoms with Crippen LogP contribution in [0.25, 0.3) is 0 Å². The Kier molecular flexibility index (Phi) is 2.41. The molecule has 1 N–H and O–H groups in total. The molecule has 1 aromatic rings. The lowest BCUT2D eigenvalue weighted by Crippen LogP contribution is -2.10. The van der Waals surface area contributed by atoms with Gasteiger partial charge in [-0.05, 0) is 12.5 Å². The molecule has 4 heteroatoms. The van der Waals surface area contributed by atoms with Crippen molar-refractivity contribution in [1.29, 1.82) is 0 Å². The minimum absolute atomic E-state index is 0.103. The van der Waals surface area contributed by atoms with Gasteiger partial charge in [0.15, 0.2) is 12.4 Å². The smallest absolute Gasteiger partial charge is 0.341 e. The third-order valence-corrected chi connectivity index (χ3v) is 2.39. The summed E-state index contributed by atoms with van der Waals surface area (Å²) in [6, 6.07) is 5.15. The van der Waals surface area contributed by atoms with E-state index in [1.165, 1.54) is 0 Å². The van der Waals surface area contributed by atoms with Crippen LogP contribution in [0.5, 0.6) is 5.75 Å². The van der Waals surface area contributed by atoms with Crippen LogP contribution in [0, 0.1) is 0 Å². The van der Waals surface area contributed by atoms with E-state index in [0.717, 1.165) is 5.56 Å². The number of fused-ring (bicyclic) bond motifs is 1. The molecule has 0 amide bonds. The molecule has 15 heavy (non-hydrogen) atoms. The van der Waals surface area contributed by atoms with Crippen LogP contribution in [-0.2, 0) is 11.2 Å². The first kappa shape index (κ1) is 9.71. The summed E-state index contributed by atoms with van der Waals surface area (Å²) in [7, 11) is 0. The first-order valence-corrected chi connectivity index (χ1v) is 4.68. The third kappa shape index (κ3) is 1.83. The molecule has 0 aromatic heterocycles. The molecular weight excluding hydrogens is 196 g/mol. The van der Waals surface area contributed by atoms with Crippen molar-refractivity contribution in [1.82, 2.24) is 0 Å². The molecule has 0 unspecified atom stereocenters. The number of hydrogen-bond acceptors (Lipinski definition) is 3.